The Bertz CT molecular complexity index is 566. The number of pyridine rings is 2. The van der Waals surface area contributed by atoms with Crippen LogP contribution in [0.2, 0.25) is 0 Å². The molecule has 0 unspecified atom stereocenters. The van der Waals surface area contributed by atoms with Crippen molar-refractivity contribution >= 4 is 62.3 Å². The van der Waals surface area contributed by atoms with E-state index in [1.807, 2.05) is 27.7 Å². The summed E-state index contributed by atoms with van der Waals surface area (Å²) in [6, 6.07) is 8.32. The number of hydrogen-bond acceptors (Lipinski definition) is 2. The van der Waals surface area contributed by atoms with Gasteiger partial charge >= 0.3 is 0 Å². The standard InChI is InChI=1S/C8H10BrN.C8H11N.CCl4/c1-6-3-8(5-9)4-7(2)10-6;1-6-4-7(2)9-8(3)5-6;2-1(3,4)5/h3-4H,5H2,1-2H3;4-5H,1-3H3;. The highest BCUT2D eigenvalue weighted by atomic mass is 79.9. The molecule has 2 aromatic rings. The predicted molar refractivity (Wildman–Crippen MR) is 111 cm³/mol. The molecule has 0 aliphatic carbocycles. The van der Waals surface area contributed by atoms with E-state index in [9.17, 15) is 0 Å². The van der Waals surface area contributed by atoms with E-state index in [2.05, 4.69) is 57.1 Å². The second-order valence-corrected chi connectivity index (χ2v) is 9.24. The van der Waals surface area contributed by atoms with E-state index < -0.39 is 3.25 Å². The van der Waals surface area contributed by atoms with E-state index in [-0.39, 0.29) is 0 Å². The van der Waals surface area contributed by atoms with Gasteiger partial charge in [-0.1, -0.05) is 62.3 Å². The fourth-order valence-electron chi connectivity index (χ4n) is 2.04. The first-order valence-electron chi connectivity index (χ1n) is 7.08. The SMILES string of the molecule is Cc1cc(C)nc(C)c1.Cc1cc(CBr)cc(C)n1.ClC(Cl)(Cl)Cl. The third-order valence-electron chi connectivity index (χ3n) is 2.52. The van der Waals surface area contributed by atoms with E-state index in [0.29, 0.717) is 0 Å². The van der Waals surface area contributed by atoms with Crippen LogP contribution in [0.25, 0.3) is 0 Å². The molecule has 0 bridgehead atoms. The van der Waals surface area contributed by atoms with Crippen LogP contribution in [0, 0.1) is 34.6 Å². The molecule has 0 N–H and O–H groups in total. The maximum Gasteiger partial charge on any atom is 0.266 e. The van der Waals surface area contributed by atoms with Gasteiger partial charge in [0.05, 0.1) is 0 Å². The van der Waals surface area contributed by atoms with Crippen molar-refractivity contribution in [2.45, 2.75) is 43.2 Å². The first kappa shape index (κ1) is 23.9. The molecule has 0 spiro atoms. The third kappa shape index (κ3) is 14.3. The van der Waals surface area contributed by atoms with Crippen LogP contribution in [0.5, 0.6) is 0 Å². The number of halogens is 5. The van der Waals surface area contributed by atoms with E-state index in [1.165, 1.54) is 11.1 Å². The lowest BCUT2D eigenvalue weighted by Gasteiger charge is -1.98. The Balaban J connectivity index is 0.000000351. The average molecular weight is 475 g/mol. The number of aryl methyl sites for hydroxylation is 5. The van der Waals surface area contributed by atoms with Crippen LogP contribution in [0.1, 0.15) is 33.9 Å². The van der Waals surface area contributed by atoms with Crippen LogP contribution < -0.4 is 0 Å². The largest absolute Gasteiger partial charge is 0.266 e. The zero-order chi connectivity index (χ0) is 18.9. The molecule has 0 aromatic carbocycles. The van der Waals surface area contributed by atoms with Crippen molar-refractivity contribution in [1.82, 2.24) is 9.97 Å². The third-order valence-corrected chi connectivity index (χ3v) is 3.17. The molecule has 0 fully saturated rings. The van der Waals surface area contributed by atoms with Gasteiger partial charge in [0.25, 0.3) is 3.25 Å². The Morgan fingerprint density at radius 1 is 0.750 bits per heavy atom. The highest BCUT2D eigenvalue weighted by Crippen LogP contribution is 2.29. The summed E-state index contributed by atoms with van der Waals surface area (Å²) in [5.74, 6) is 0. The van der Waals surface area contributed by atoms with Gasteiger partial charge in [-0.2, -0.15) is 0 Å². The van der Waals surface area contributed by atoms with Gasteiger partial charge < -0.3 is 0 Å². The van der Waals surface area contributed by atoms with E-state index in [1.54, 1.807) is 0 Å². The molecule has 0 radical (unpaired) electrons. The molecule has 7 heteroatoms. The normalized spacial score (nSPS) is 10.2. The van der Waals surface area contributed by atoms with Gasteiger partial charge in [-0.15, -0.1) is 0 Å². The number of alkyl halides is 5. The van der Waals surface area contributed by atoms with Crippen molar-refractivity contribution in [2.24, 2.45) is 0 Å². The van der Waals surface area contributed by atoms with Crippen LogP contribution in [-0.2, 0) is 5.33 Å². The summed E-state index contributed by atoms with van der Waals surface area (Å²) in [5, 5.41) is 0.914. The molecule has 0 aliphatic rings. The lowest BCUT2D eigenvalue weighted by atomic mass is 10.2. The summed E-state index contributed by atoms with van der Waals surface area (Å²) in [6.45, 7) is 10.1. The molecule has 0 saturated heterocycles. The second kappa shape index (κ2) is 11.5. The Hall–Kier alpha value is -0.0600. The minimum absolute atomic E-state index is 0.914. The first-order chi connectivity index (χ1) is 10.9. The zero-order valence-electron chi connectivity index (χ0n) is 14.3. The van der Waals surface area contributed by atoms with Crippen molar-refractivity contribution in [3.05, 3.63) is 58.2 Å². The van der Waals surface area contributed by atoms with E-state index in [4.69, 9.17) is 46.4 Å². The summed E-state index contributed by atoms with van der Waals surface area (Å²) in [5.41, 5.74) is 6.98. The lowest BCUT2D eigenvalue weighted by molar-refractivity contribution is 1.10. The van der Waals surface area contributed by atoms with Crippen molar-refractivity contribution in [3.8, 4) is 0 Å². The Kier molecular flexibility index (Phi) is 11.5. The molecular formula is C17H21BrCl4N2. The number of nitrogens with zero attached hydrogens (tertiary/aromatic N) is 2. The van der Waals surface area contributed by atoms with Crippen LogP contribution in [0.15, 0.2) is 24.3 Å². The van der Waals surface area contributed by atoms with Gasteiger partial charge in [0.1, 0.15) is 0 Å². The molecule has 0 atom stereocenters. The smallest absolute Gasteiger partial charge is 0.258 e. The molecule has 2 rings (SSSR count). The molecule has 0 amide bonds. The van der Waals surface area contributed by atoms with Gasteiger partial charge in [0.2, 0.25) is 0 Å². The molecule has 2 heterocycles. The average Bonchev–Trinajstić information content (AvgIpc) is 2.34. The highest BCUT2D eigenvalue weighted by molar-refractivity contribution is 9.08. The molecule has 2 aromatic heterocycles. The summed E-state index contributed by atoms with van der Waals surface area (Å²) in [6.07, 6.45) is 0. The molecule has 0 aliphatic heterocycles. The highest BCUT2D eigenvalue weighted by Gasteiger charge is 2.11. The van der Waals surface area contributed by atoms with Crippen LogP contribution >= 0.6 is 62.3 Å². The Labute approximate surface area is 173 Å². The topological polar surface area (TPSA) is 25.8 Å². The summed E-state index contributed by atoms with van der Waals surface area (Å²) in [4.78, 5) is 8.50. The number of rotatable bonds is 1. The summed E-state index contributed by atoms with van der Waals surface area (Å²) in [7, 11) is 0. The summed E-state index contributed by atoms with van der Waals surface area (Å²) >= 11 is 22.7. The lowest BCUT2D eigenvalue weighted by Crippen LogP contribution is -1.88. The summed E-state index contributed by atoms with van der Waals surface area (Å²) < 4.78 is -1.61. The fourth-order valence-corrected chi connectivity index (χ4v) is 2.37. The Morgan fingerprint density at radius 2 is 1.04 bits per heavy atom. The van der Waals surface area contributed by atoms with Gasteiger partial charge in [0, 0.05) is 28.1 Å². The van der Waals surface area contributed by atoms with Gasteiger partial charge in [-0.25, -0.2) is 0 Å². The molecule has 24 heavy (non-hydrogen) atoms. The van der Waals surface area contributed by atoms with E-state index >= 15 is 0 Å². The quantitative estimate of drug-likeness (QED) is 0.410. The van der Waals surface area contributed by atoms with Crippen molar-refractivity contribution in [2.75, 3.05) is 0 Å². The van der Waals surface area contributed by atoms with Gasteiger partial charge in [-0.05, 0) is 70.0 Å². The first-order valence-corrected chi connectivity index (χ1v) is 9.71. The fraction of sp³-hybridized carbons (Fsp3) is 0.412. The maximum atomic E-state index is 4.83. The minimum Gasteiger partial charge on any atom is -0.258 e. The Morgan fingerprint density at radius 3 is 1.29 bits per heavy atom. The van der Waals surface area contributed by atoms with Gasteiger partial charge in [-0.3, -0.25) is 9.97 Å². The zero-order valence-corrected chi connectivity index (χ0v) is 18.9. The molecular weight excluding hydrogens is 454 g/mol. The van der Waals surface area contributed by atoms with E-state index in [0.717, 1.165) is 28.1 Å². The van der Waals surface area contributed by atoms with Crippen LogP contribution in [0.4, 0.5) is 0 Å². The van der Waals surface area contributed by atoms with Crippen LogP contribution in [-0.4, -0.2) is 13.2 Å². The number of aromatic nitrogens is 2. The maximum absolute atomic E-state index is 4.83. The molecule has 0 saturated carbocycles. The van der Waals surface area contributed by atoms with Crippen molar-refractivity contribution in [1.29, 1.82) is 0 Å². The monoisotopic (exact) mass is 472 g/mol. The predicted octanol–water partition coefficient (Wildman–Crippen LogP) is 7.15. The molecule has 134 valence electrons. The van der Waals surface area contributed by atoms with Crippen molar-refractivity contribution < 1.29 is 0 Å². The van der Waals surface area contributed by atoms with Crippen LogP contribution in [0.3, 0.4) is 0 Å². The minimum atomic E-state index is -1.61. The molecule has 2 nitrogen and oxygen atoms in total. The second-order valence-electron chi connectivity index (χ2n) is 5.25. The van der Waals surface area contributed by atoms with Gasteiger partial charge in [0.15, 0.2) is 0 Å². The van der Waals surface area contributed by atoms with Crippen molar-refractivity contribution in [3.63, 3.8) is 0 Å². The number of hydrogen-bond donors (Lipinski definition) is 0.